The number of benzene rings is 2. The van der Waals surface area contributed by atoms with Crippen molar-refractivity contribution in [2.24, 2.45) is 5.92 Å². The zero-order valence-corrected chi connectivity index (χ0v) is 28.5. The molecule has 246 valence electrons. The predicted molar refractivity (Wildman–Crippen MR) is 174 cm³/mol. The van der Waals surface area contributed by atoms with Crippen LogP contribution in [0.4, 0.5) is 4.79 Å². The summed E-state index contributed by atoms with van der Waals surface area (Å²) < 4.78 is 11.2. The van der Waals surface area contributed by atoms with Gasteiger partial charge in [-0.15, -0.1) is 0 Å². The van der Waals surface area contributed by atoms with Crippen LogP contribution in [-0.4, -0.2) is 58.1 Å². The third kappa shape index (κ3) is 10.6. The number of hydrogen-bond donors (Lipinski definition) is 2. The van der Waals surface area contributed by atoms with Crippen molar-refractivity contribution in [2.75, 3.05) is 0 Å². The number of alkyl carbamates (subject to hydrolysis) is 1. The average molecular weight is 622 g/mol. The molecule has 3 unspecified atom stereocenters. The fourth-order valence-corrected chi connectivity index (χ4v) is 5.02. The van der Waals surface area contributed by atoms with Crippen LogP contribution >= 0.6 is 0 Å². The molecular formula is C36H51N3O6. The zero-order chi connectivity index (χ0) is 33.7. The number of nitrogens with one attached hydrogen (secondary N) is 2. The molecule has 0 spiro atoms. The average Bonchev–Trinajstić information content (AvgIpc) is 3.75. The van der Waals surface area contributed by atoms with Gasteiger partial charge in [0, 0.05) is 12.5 Å². The highest BCUT2D eigenvalue weighted by Crippen LogP contribution is 2.37. The minimum atomic E-state index is -1.05. The molecule has 0 heterocycles. The molecule has 1 saturated carbocycles. The maximum Gasteiger partial charge on any atom is 0.408 e. The number of esters is 1. The number of hydrogen-bond acceptors (Lipinski definition) is 6. The van der Waals surface area contributed by atoms with Gasteiger partial charge >= 0.3 is 12.1 Å². The van der Waals surface area contributed by atoms with Gasteiger partial charge < -0.3 is 25.0 Å². The van der Waals surface area contributed by atoms with Crippen molar-refractivity contribution < 1.29 is 28.7 Å². The second-order valence-corrected chi connectivity index (χ2v) is 14.4. The standard InChI is InChI=1S/C36H51N3O6/c1-22(2)29(38-34(43)45-36(8,9)10)32(41)39(27-18-19-27)30(26-17-16-23(3)24(4)20-26)31(40)37-28(33(42)44-35(5,6)7)21-25-14-12-11-13-15-25/h11-17,20,22,27-30H,18-19,21H2,1-10H3,(H,37,40)(H,38,43). The van der Waals surface area contributed by atoms with Crippen LogP contribution in [0.5, 0.6) is 0 Å². The van der Waals surface area contributed by atoms with Crippen molar-refractivity contribution >= 4 is 23.9 Å². The Labute approximate surface area is 268 Å². The Bertz CT molecular complexity index is 1360. The molecule has 3 atom stereocenters. The van der Waals surface area contributed by atoms with Crippen LogP contribution in [0.3, 0.4) is 0 Å². The number of carbonyl (C=O) groups excluding carboxylic acids is 4. The van der Waals surface area contributed by atoms with Crippen LogP contribution in [-0.2, 0) is 30.3 Å². The maximum absolute atomic E-state index is 14.5. The van der Waals surface area contributed by atoms with Gasteiger partial charge in [-0.2, -0.15) is 0 Å². The molecule has 2 aromatic rings. The summed E-state index contributed by atoms with van der Waals surface area (Å²) in [7, 11) is 0. The first-order chi connectivity index (χ1) is 20.9. The second-order valence-electron chi connectivity index (χ2n) is 14.4. The van der Waals surface area contributed by atoms with Gasteiger partial charge in [0.25, 0.3) is 0 Å². The van der Waals surface area contributed by atoms with E-state index in [1.807, 2.05) is 76.2 Å². The molecule has 0 aromatic heterocycles. The summed E-state index contributed by atoms with van der Waals surface area (Å²) >= 11 is 0. The lowest BCUT2D eigenvalue weighted by atomic mass is 9.96. The molecule has 0 saturated heterocycles. The van der Waals surface area contributed by atoms with Crippen molar-refractivity contribution in [2.45, 2.75) is 124 Å². The minimum Gasteiger partial charge on any atom is -0.458 e. The smallest absolute Gasteiger partial charge is 0.408 e. The fourth-order valence-electron chi connectivity index (χ4n) is 5.02. The van der Waals surface area contributed by atoms with E-state index in [2.05, 4.69) is 10.6 Å². The topological polar surface area (TPSA) is 114 Å². The molecule has 2 aromatic carbocycles. The van der Waals surface area contributed by atoms with E-state index in [0.717, 1.165) is 29.5 Å². The third-order valence-electron chi connectivity index (χ3n) is 7.46. The summed E-state index contributed by atoms with van der Waals surface area (Å²) in [5.41, 5.74) is 1.98. The highest BCUT2D eigenvalue weighted by atomic mass is 16.6. The number of aryl methyl sites for hydroxylation is 2. The summed E-state index contributed by atoms with van der Waals surface area (Å²) in [6.45, 7) is 18.2. The zero-order valence-electron chi connectivity index (χ0n) is 28.5. The summed E-state index contributed by atoms with van der Waals surface area (Å²) in [5.74, 6) is -1.73. The first-order valence-electron chi connectivity index (χ1n) is 15.8. The van der Waals surface area contributed by atoms with Crippen LogP contribution in [0.2, 0.25) is 0 Å². The fraction of sp³-hybridized carbons (Fsp3) is 0.556. The lowest BCUT2D eigenvalue weighted by molar-refractivity contribution is -0.159. The number of amides is 3. The molecule has 0 bridgehead atoms. The first-order valence-corrected chi connectivity index (χ1v) is 15.8. The Morgan fingerprint density at radius 2 is 1.44 bits per heavy atom. The maximum atomic E-state index is 14.5. The number of nitrogens with zero attached hydrogens (tertiary/aromatic N) is 1. The molecular weight excluding hydrogens is 570 g/mol. The highest BCUT2D eigenvalue weighted by Gasteiger charge is 2.45. The minimum absolute atomic E-state index is 0.203. The van der Waals surface area contributed by atoms with E-state index in [1.165, 1.54) is 0 Å². The lowest BCUT2D eigenvalue weighted by Crippen LogP contribution is -2.56. The van der Waals surface area contributed by atoms with E-state index in [1.54, 1.807) is 46.4 Å². The molecule has 2 N–H and O–H groups in total. The van der Waals surface area contributed by atoms with Crippen LogP contribution in [0.25, 0.3) is 0 Å². The molecule has 1 fully saturated rings. The normalized spacial score (nSPS) is 15.4. The summed E-state index contributed by atoms with van der Waals surface area (Å²) in [4.78, 5) is 56.8. The Kier molecular flexibility index (Phi) is 11.5. The van der Waals surface area contributed by atoms with E-state index < -0.39 is 47.3 Å². The van der Waals surface area contributed by atoms with Crippen molar-refractivity contribution in [1.82, 2.24) is 15.5 Å². The molecule has 9 nitrogen and oxygen atoms in total. The molecule has 1 aliphatic rings. The number of ether oxygens (including phenoxy) is 2. The summed E-state index contributed by atoms with van der Waals surface area (Å²) in [6.07, 6.45) is 0.951. The van der Waals surface area contributed by atoms with Gasteiger partial charge in [0.05, 0.1) is 0 Å². The molecule has 1 aliphatic carbocycles. The van der Waals surface area contributed by atoms with E-state index in [9.17, 15) is 19.2 Å². The predicted octanol–water partition coefficient (Wildman–Crippen LogP) is 5.95. The quantitative estimate of drug-likeness (QED) is 0.300. The van der Waals surface area contributed by atoms with Crippen molar-refractivity contribution in [3.05, 3.63) is 70.8 Å². The molecule has 3 amide bonds. The van der Waals surface area contributed by atoms with Gasteiger partial charge in [0.2, 0.25) is 11.8 Å². The Hall–Kier alpha value is -3.88. The van der Waals surface area contributed by atoms with E-state index in [-0.39, 0.29) is 24.3 Å². The third-order valence-corrected chi connectivity index (χ3v) is 7.46. The van der Waals surface area contributed by atoms with Crippen molar-refractivity contribution in [1.29, 1.82) is 0 Å². The van der Waals surface area contributed by atoms with Gasteiger partial charge in [0.15, 0.2) is 0 Å². The number of carbonyl (C=O) groups is 4. The molecule has 9 heteroatoms. The van der Waals surface area contributed by atoms with Crippen LogP contribution in [0, 0.1) is 19.8 Å². The second kappa shape index (κ2) is 14.5. The monoisotopic (exact) mass is 621 g/mol. The van der Waals surface area contributed by atoms with Gasteiger partial charge in [-0.05, 0) is 96.4 Å². The summed E-state index contributed by atoms with van der Waals surface area (Å²) in [5, 5.41) is 5.72. The Balaban J connectivity index is 2.05. The summed E-state index contributed by atoms with van der Waals surface area (Å²) in [6, 6.07) is 11.9. The Morgan fingerprint density at radius 1 is 0.844 bits per heavy atom. The highest BCUT2D eigenvalue weighted by molar-refractivity contribution is 5.94. The molecule has 45 heavy (non-hydrogen) atoms. The van der Waals surface area contributed by atoms with E-state index in [0.29, 0.717) is 5.56 Å². The van der Waals surface area contributed by atoms with Crippen LogP contribution < -0.4 is 10.6 Å². The molecule has 0 aliphatic heterocycles. The first kappa shape index (κ1) is 35.6. The number of rotatable bonds is 11. The van der Waals surface area contributed by atoms with Gasteiger partial charge in [-0.1, -0.05) is 62.4 Å². The van der Waals surface area contributed by atoms with Gasteiger partial charge in [-0.25, -0.2) is 9.59 Å². The SMILES string of the molecule is Cc1ccc(C(C(=O)NC(Cc2ccccc2)C(=O)OC(C)(C)C)N(C(=O)C(NC(=O)OC(C)(C)C)C(C)C)C2CC2)cc1C. The van der Waals surface area contributed by atoms with Crippen molar-refractivity contribution in [3.63, 3.8) is 0 Å². The van der Waals surface area contributed by atoms with E-state index in [4.69, 9.17) is 9.47 Å². The van der Waals surface area contributed by atoms with E-state index >= 15 is 0 Å². The molecule has 0 radical (unpaired) electrons. The van der Waals surface area contributed by atoms with Gasteiger partial charge in [-0.3, -0.25) is 9.59 Å². The van der Waals surface area contributed by atoms with Gasteiger partial charge in [0.1, 0.15) is 29.3 Å². The van der Waals surface area contributed by atoms with Crippen LogP contribution in [0.15, 0.2) is 48.5 Å². The molecule has 3 rings (SSSR count). The largest absolute Gasteiger partial charge is 0.458 e. The lowest BCUT2D eigenvalue weighted by Gasteiger charge is -2.36. The Morgan fingerprint density at radius 3 is 1.96 bits per heavy atom. The van der Waals surface area contributed by atoms with Crippen LogP contribution in [0.1, 0.15) is 96.5 Å². The van der Waals surface area contributed by atoms with Crippen molar-refractivity contribution in [3.8, 4) is 0 Å².